The summed E-state index contributed by atoms with van der Waals surface area (Å²) in [7, 11) is 1.64. The Morgan fingerprint density at radius 2 is 2.24 bits per heavy atom. The fourth-order valence-corrected chi connectivity index (χ4v) is 2.23. The number of hydrogen-bond acceptors (Lipinski definition) is 4. The zero-order valence-corrected chi connectivity index (χ0v) is 11.2. The van der Waals surface area contributed by atoms with Crippen LogP contribution in [0.5, 0.6) is 0 Å². The summed E-state index contributed by atoms with van der Waals surface area (Å²) in [5.41, 5.74) is 0.466. The van der Waals surface area contributed by atoms with Crippen molar-refractivity contribution in [2.45, 2.75) is 6.42 Å². The molecular weight excluding hydrogens is 242 g/mol. The molecule has 1 heterocycles. The minimum Gasteiger partial charge on any atom is -0.320 e. The van der Waals surface area contributed by atoms with E-state index in [9.17, 15) is 8.42 Å². The van der Waals surface area contributed by atoms with Crippen molar-refractivity contribution in [3.05, 3.63) is 12.4 Å². The number of anilines is 1. The van der Waals surface area contributed by atoms with Crippen LogP contribution in [-0.2, 0) is 17.3 Å². The van der Waals surface area contributed by atoms with Crippen molar-refractivity contribution in [2.75, 3.05) is 31.9 Å². The molecule has 0 aliphatic heterocycles. The van der Waals surface area contributed by atoms with Crippen LogP contribution in [0.4, 0.5) is 5.69 Å². The molecule has 98 valence electrons. The van der Waals surface area contributed by atoms with E-state index in [0.717, 1.165) is 13.0 Å². The van der Waals surface area contributed by atoms with Gasteiger partial charge in [-0.15, -0.1) is 0 Å². The standard InChI is InChI=1S/C9H19N5O2S/c1-10-5-4-6-14(3)17(15,16)12-9-7-11-13(2)8-9/h7-8,10,12H,4-6H2,1-3H3. The van der Waals surface area contributed by atoms with Crippen LogP contribution in [0.15, 0.2) is 12.4 Å². The van der Waals surface area contributed by atoms with Gasteiger partial charge in [0, 0.05) is 26.8 Å². The highest BCUT2D eigenvalue weighted by atomic mass is 32.2. The molecule has 7 nitrogen and oxygen atoms in total. The second kappa shape index (κ2) is 5.99. The zero-order chi connectivity index (χ0) is 12.9. The van der Waals surface area contributed by atoms with Gasteiger partial charge < -0.3 is 5.32 Å². The van der Waals surface area contributed by atoms with Gasteiger partial charge >= 0.3 is 10.2 Å². The highest BCUT2D eigenvalue weighted by Gasteiger charge is 2.17. The zero-order valence-electron chi connectivity index (χ0n) is 10.3. The van der Waals surface area contributed by atoms with E-state index in [-0.39, 0.29) is 0 Å². The lowest BCUT2D eigenvalue weighted by Gasteiger charge is -2.17. The predicted molar refractivity (Wildman–Crippen MR) is 66.9 cm³/mol. The Hall–Kier alpha value is -1.12. The highest BCUT2D eigenvalue weighted by Crippen LogP contribution is 2.08. The lowest BCUT2D eigenvalue weighted by Crippen LogP contribution is -2.34. The second-order valence-electron chi connectivity index (χ2n) is 3.79. The second-order valence-corrected chi connectivity index (χ2v) is 5.57. The number of rotatable bonds is 7. The van der Waals surface area contributed by atoms with Crippen molar-refractivity contribution >= 4 is 15.9 Å². The molecule has 0 aliphatic carbocycles. The van der Waals surface area contributed by atoms with E-state index in [1.807, 2.05) is 7.05 Å². The van der Waals surface area contributed by atoms with E-state index in [1.54, 1.807) is 25.0 Å². The van der Waals surface area contributed by atoms with Crippen molar-refractivity contribution in [1.82, 2.24) is 19.4 Å². The first-order chi connectivity index (χ1) is 7.95. The highest BCUT2D eigenvalue weighted by molar-refractivity contribution is 7.90. The molecule has 0 fully saturated rings. The predicted octanol–water partition coefficient (Wildman–Crippen LogP) is -0.382. The lowest BCUT2D eigenvalue weighted by atomic mass is 10.4. The molecular formula is C9H19N5O2S. The SMILES string of the molecule is CNCCCN(C)S(=O)(=O)Nc1cnn(C)c1. The van der Waals surface area contributed by atoms with E-state index < -0.39 is 10.2 Å². The van der Waals surface area contributed by atoms with Gasteiger partial charge in [0.2, 0.25) is 0 Å². The van der Waals surface area contributed by atoms with Crippen molar-refractivity contribution in [2.24, 2.45) is 7.05 Å². The van der Waals surface area contributed by atoms with Gasteiger partial charge in [-0.2, -0.15) is 17.8 Å². The van der Waals surface area contributed by atoms with Gasteiger partial charge in [0.1, 0.15) is 0 Å². The van der Waals surface area contributed by atoms with Crippen LogP contribution in [-0.4, -0.2) is 49.7 Å². The van der Waals surface area contributed by atoms with Crippen LogP contribution in [0.25, 0.3) is 0 Å². The Balaban J connectivity index is 2.55. The molecule has 0 saturated carbocycles. The summed E-state index contributed by atoms with van der Waals surface area (Å²) in [6, 6.07) is 0. The molecule has 2 N–H and O–H groups in total. The van der Waals surface area contributed by atoms with Gasteiger partial charge in [-0.25, -0.2) is 0 Å². The Morgan fingerprint density at radius 1 is 1.53 bits per heavy atom. The largest absolute Gasteiger partial charge is 0.320 e. The molecule has 0 spiro atoms. The fourth-order valence-electron chi connectivity index (χ4n) is 1.30. The fraction of sp³-hybridized carbons (Fsp3) is 0.667. The monoisotopic (exact) mass is 261 g/mol. The minimum absolute atomic E-state index is 0.466. The van der Waals surface area contributed by atoms with E-state index in [1.165, 1.54) is 10.5 Å². The van der Waals surface area contributed by atoms with Gasteiger partial charge in [-0.05, 0) is 20.0 Å². The molecule has 8 heteroatoms. The van der Waals surface area contributed by atoms with Gasteiger partial charge in [0.05, 0.1) is 11.9 Å². The first-order valence-electron chi connectivity index (χ1n) is 5.33. The van der Waals surface area contributed by atoms with Gasteiger partial charge in [0.15, 0.2) is 0 Å². The molecule has 17 heavy (non-hydrogen) atoms. The van der Waals surface area contributed by atoms with Gasteiger partial charge in [-0.1, -0.05) is 0 Å². The smallest absolute Gasteiger partial charge is 0.301 e. The summed E-state index contributed by atoms with van der Waals surface area (Å²) in [6.07, 6.45) is 3.85. The summed E-state index contributed by atoms with van der Waals surface area (Å²) in [5.74, 6) is 0. The quantitative estimate of drug-likeness (QED) is 0.656. The Kier molecular flexibility index (Phi) is 4.91. The molecule has 0 atom stereocenters. The maximum Gasteiger partial charge on any atom is 0.301 e. The average molecular weight is 261 g/mol. The maximum atomic E-state index is 11.9. The molecule has 0 aliphatic rings. The van der Waals surface area contributed by atoms with Gasteiger partial charge in [0.25, 0.3) is 0 Å². The van der Waals surface area contributed by atoms with E-state index in [4.69, 9.17) is 0 Å². The van der Waals surface area contributed by atoms with Crippen LogP contribution in [0.1, 0.15) is 6.42 Å². The normalized spacial score (nSPS) is 12.0. The van der Waals surface area contributed by atoms with Crippen molar-refractivity contribution < 1.29 is 8.42 Å². The number of hydrogen-bond donors (Lipinski definition) is 2. The molecule has 0 radical (unpaired) electrons. The molecule has 0 saturated heterocycles. The molecule has 1 aromatic rings. The third kappa shape index (κ3) is 4.33. The van der Waals surface area contributed by atoms with Crippen LogP contribution in [0.3, 0.4) is 0 Å². The molecule has 0 bridgehead atoms. The summed E-state index contributed by atoms with van der Waals surface area (Å²) in [4.78, 5) is 0. The summed E-state index contributed by atoms with van der Waals surface area (Å²) < 4.78 is 29.0. The number of nitrogens with zero attached hydrogens (tertiary/aromatic N) is 3. The minimum atomic E-state index is -3.48. The molecule has 1 rings (SSSR count). The lowest BCUT2D eigenvalue weighted by molar-refractivity contribution is 0.462. The van der Waals surface area contributed by atoms with Crippen LogP contribution >= 0.6 is 0 Å². The number of aromatic nitrogens is 2. The third-order valence-electron chi connectivity index (χ3n) is 2.26. The Morgan fingerprint density at radius 3 is 2.76 bits per heavy atom. The number of aryl methyl sites for hydroxylation is 1. The van der Waals surface area contributed by atoms with Crippen LogP contribution in [0.2, 0.25) is 0 Å². The van der Waals surface area contributed by atoms with Crippen molar-refractivity contribution in [1.29, 1.82) is 0 Å². The topological polar surface area (TPSA) is 79.3 Å². The average Bonchev–Trinajstić information content (AvgIpc) is 2.63. The Bertz CT molecular complexity index is 442. The van der Waals surface area contributed by atoms with Crippen LogP contribution in [0, 0.1) is 0 Å². The Labute approximate surface area is 102 Å². The molecule has 0 unspecified atom stereocenters. The molecule has 0 aromatic carbocycles. The van der Waals surface area contributed by atoms with Crippen molar-refractivity contribution in [3.63, 3.8) is 0 Å². The summed E-state index contributed by atoms with van der Waals surface area (Å²) in [5, 5.41) is 6.87. The van der Waals surface area contributed by atoms with Crippen LogP contribution < -0.4 is 10.0 Å². The third-order valence-corrected chi connectivity index (χ3v) is 3.76. The first kappa shape index (κ1) is 13.9. The van der Waals surface area contributed by atoms with E-state index in [0.29, 0.717) is 12.2 Å². The summed E-state index contributed by atoms with van der Waals surface area (Å²) in [6.45, 7) is 1.25. The molecule has 1 aromatic heterocycles. The van der Waals surface area contributed by atoms with Crippen molar-refractivity contribution in [3.8, 4) is 0 Å². The van der Waals surface area contributed by atoms with Gasteiger partial charge in [-0.3, -0.25) is 9.40 Å². The first-order valence-corrected chi connectivity index (χ1v) is 6.77. The summed E-state index contributed by atoms with van der Waals surface area (Å²) >= 11 is 0. The van der Waals surface area contributed by atoms with E-state index >= 15 is 0 Å². The van der Waals surface area contributed by atoms with E-state index in [2.05, 4.69) is 15.1 Å². The number of nitrogens with one attached hydrogen (secondary N) is 2. The molecule has 0 amide bonds. The maximum absolute atomic E-state index is 11.9.